The zero-order valence-corrected chi connectivity index (χ0v) is 15.4. The van der Waals surface area contributed by atoms with Gasteiger partial charge in [-0.15, -0.1) is 5.48 Å². The zero-order valence-electron chi connectivity index (χ0n) is 15.4. The molecule has 29 heavy (non-hydrogen) atoms. The van der Waals surface area contributed by atoms with Crippen LogP contribution in [0.4, 0.5) is 17.6 Å². The number of hydrogen-bond donors (Lipinski definition) is 2. The van der Waals surface area contributed by atoms with Gasteiger partial charge in [-0.25, -0.2) is 4.39 Å². The van der Waals surface area contributed by atoms with Crippen molar-refractivity contribution in [2.24, 2.45) is 0 Å². The minimum absolute atomic E-state index is 0.0406. The molecule has 0 radical (unpaired) electrons. The topological polar surface area (TPSA) is 75.6 Å². The minimum atomic E-state index is -4.86. The number of carbonyl (C=O) groups excluding carboxylic acids is 2. The van der Waals surface area contributed by atoms with Crippen molar-refractivity contribution in [3.63, 3.8) is 0 Å². The SMILES string of the molecule is CCCCC(=O)ONC(c1ccc(-c2cc(C=O)ccc2O)c(F)c1)C(F)(F)F. The molecule has 0 amide bonds. The summed E-state index contributed by atoms with van der Waals surface area (Å²) in [6.45, 7) is 1.81. The highest BCUT2D eigenvalue weighted by Gasteiger charge is 2.42. The van der Waals surface area contributed by atoms with E-state index in [2.05, 4.69) is 4.84 Å². The van der Waals surface area contributed by atoms with Crippen LogP contribution in [0.15, 0.2) is 36.4 Å². The Morgan fingerprint density at radius 2 is 1.93 bits per heavy atom. The summed E-state index contributed by atoms with van der Waals surface area (Å²) >= 11 is 0. The lowest BCUT2D eigenvalue weighted by Crippen LogP contribution is -2.35. The third-order valence-corrected chi connectivity index (χ3v) is 4.13. The number of alkyl halides is 3. The van der Waals surface area contributed by atoms with Crippen molar-refractivity contribution in [1.82, 2.24) is 5.48 Å². The van der Waals surface area contributed by atoms with Crippen LogP contribution in [0.5, 0.6) is 5.75 Å². The van der Waals surface area contributed by atoms with Crippen LogP contribution in [-0.4, -0.2) is 23.5 Å². The second kappa shape index (κ2) is 9.51. The van der Waals surface area contributed by atoms with Gasteiger partial charge >= 0.3 is 12.1 Å². The fraction of sp³-hybridized carbons (Fsp3) is 0.300. The zero-order chi connectivity index (χ0) is 21.6. The molecule has 5 nitrogen and oxygen atoms in total. The number of aromatic hydroxyl groups is 1. The summed E-state index contributed by atoms with van der Waals surface area (Å²) in [4.78, 5) is 26.8. The summed E-state index contributed by atoms with van der Waals surface area (Å²) in [5, 5.41) is 9.90. The predicted octanol–water partition coefficient (Wildman–Crippen LogP) is 4.85. The first-order valence-electron chi connectivity index (χ1n) is 8.77. The molecule has 0 heterocycles. The molecular weight excluding hydrogens is 394 g/mol. The number of unbranched alkanes of at least 4 members (excludes halogenated alkanes) is 1. The molecule has 0 fully saturated rings. The fourth-order valence-corrected chi connectivity index (χ4v) is 2.59. The molecule has 9 heteroatoms. The maximum atomic E-state index is 14.6. The first kappa shape index (κ1) is 22.4. The minimum Gasteiger partial charge on any atom is -0.507 e. The summed E-state index contributed by atoms with van der Waals surface area (Å²) in [5.74, 6) is -2.24. The number of halogens is 4. The average Bonchev–Trinajstić information content (AvgIpc) is 2.66. The van der Waals surface area contributed by atoms with Crippen molar-refractivity contribution >= 4 is 12.3 Å². The van der Waals surface area contributed by atoms with Gasteiger partial charge in [0.15, 0.2) is 6.04 Å². The molecule has 1 atom stereocenters. The van der Waals surface area contributed by atoms with Crippen LogP contribution in [0.25, 0.3) is 11.1 Å². The number of hydrogen-bond acceptors (Lipinski definition) is 5. The van der Waals surface area contributed by atoms with Gasteiger partial charge in [0.05, 0.1) is 0 Å². The molecule has 0 bridgehead atoms. The molecule has 0 aromatic heterocycles. The number of carbonyl (C=O) groups is 2. The molecule has 0 aliphatic carbocycles. The monoisotopic (exact) mass is 413 g/mol. The van der Waals surface area contributed by atoms with E-state index in [9.17, 15) is 32.3 Å². The number of rotatable bonds is 8. The van der Waals surface area contributed by atoms with E-state index in [-0.39, 0.29) is 28.9 Å². The molecule has 0 spiro atoms. The van der Waals surface area contributed by atoms with E-state index >= 15 is 0 Å². The van der Waals surface area contributed by atoms with Crippen molar-refractivity contribution in [1.29, 1.82) is 0 Å². The number of phenolic OH excluding ortho intramolecular Hbond substituents is 1. The van der Waals surface area contributed by atoms with Crippen LogP contribution in [0.1, 0.15) is 48.1 Å². The molecule has 0 saturated heterocycles. The maximum Gasteiger partial charge on any atom is 0.411 e. The quantitative estimate of drug-likeness (QED) is 0.368. The van der Waals surface area contributed by atoms with Gasteiger partial charge in [0.25, 0.3) is 0 Å². The van der Waals surface area contributed by atoms with Crippen LogP contribution in [0.2, 0.25) is 0 Å². The first-order chi connectivity index (χ1) is 13.7. The summed E-state index contributed by atoms with van der Waals surface area (Å²) < 4.78 is 54.7. The van der Waals surface area contributed by atoms with Crippen LogP contribution in [0.3, 0.4) is 0 Å². The van der Waals surface area contributed by atoms with Crippen molar-refractivity contribution < 1.29 is 37.1 Å². The Hall–Kier alpha value is -2.94. The highest BCUT2D eigenvalue weighted by Crippen LogP contribution is 2.37. The van der Waals surface area contributed by atoms with E-state index in [1.165, 1.54) is 18.2 Å². The van der Waals surface area contributed by atoms with Gasteiger partial charge in [-0.05, 0) is 36.2 Å². The Morgan fingerprint density at radius 1 is 1.21 bits per heavy atom. The smallest absolute Gasteiger partial charge is 0.411 e. The molecule has 1 unspecified atom stereocenters. The third kappa shape index (κ3) is 5.77. The van der Waals surface area contributed by atoms with Gasteiger partial charge < -0.3 is 9.94 Å². The Labute approximate surface area is 164 Å². The van der Waals surface area contributed by atoms with Gasteiger partial charge in [-0.2, -0.15) is 13.2 Å². The summed E-state index contributed by atoms with van der Waals surface area (Å²) in [6, 6.07) is 3.95. The van der Waals surface area contributed by atoms with Gasteiger partial charge in [-0.3, -0.25) is 9.59 Å². The number of phenols is 1. The average molecular weight is 413 g/mol. The molecule has 2 aromatic rings. The fourth-order valence-electron chi connectivity index (χ4n) is 2.59. The molecule has 2 rings (SSSR count). The highest BCUT2D eigenvalue weighted by atomic mass is 19.4. The van der Waals surface area contributed by atoms with Crippen molar-refractivity contribution in [3.8, 4) is 16.9 Å². The normalized spacial score (nSPS) is 12.4. The molecule has 0 saturated carbocycles. The molecule has 0 aliphatic rings. The predicted molar refractivity (Wildman–Crippen MR) is 96.4 cm³/mol. The van der Waals surface area contributed by atoms with Crippen molar-refractivity contribution in [2.45, 2.75) is 38.4 Å². The Morgan fingerprint density at radius 3 is 2.52 bits per heavy atom. The van der Waals surface area contributed by atoms with Gasteiger partial charge in [0.2, 0.25) is 0 Å². The standard InChI is InChI=1S/C20H19F4NO4/c1-2-3-4-18(28)29-25-19(20(22,23)24)13-6-7-14(16(21)10-13)15-9-12(11-26)5-8-17(15)27/h5-11,19,25,27H,2-4H2,1H3. The number of benzene rings is 2. The van der Waals surface area contributed by atoms with Crippen LogP contribution in [0, 0.1) is 5.82 Å². The van der Waals surface area contributed by atoms with Crippen LogP contribution in [-0.2, 0) is 9.63 Å². The number of aldehydes is 1. The van der Waals surface area contributed by atoms with Crippen molar-refractivity contribution in [2.75, 3.05) is 0 Å². The number of hydroxylamine groups is 1. The Balaban J connectivity index is 2.31. The molecule has 0 aliphatic heterocycles. The molecule has 156 valence electrons. The van der Waals surface area contributed by atoms with E-state index in [1.807, 2.05) is 6.92 Å². The second-order valence-corrected chi connectivity index (χ2v) is 6.30. The lowest BCUT2D eigenvalue weighted by atomic mass is 9.98. The van der Waals surface area contributed by atoms with E-state index in [4.69, 9.17) is 0 Å². The van der Waals surface area contributed by atoms with Gasteiger partial charge in [0, 0.05) is 23.1 Å². The van der Waals surface area contributed by atoms with E-state index in [0.29, 0.717) is 25.2 Å². The summed E-state index contributed by atoms with van der Waals surface area (Å²) in [5.41, 5.74) is 1.08. The maximum absolute atomic E-state index is 14.6. The molecule has 2 N–H and O–H groups in total. The Kier molecular flexibility index (Phi) is 7.33. The Bertz CT molecular complexity index is 883. The highest BCUT2D eigenvalue weighted by molar-refractivity contribution is 5.81. The lowest BCUT2D eigenvalue weighted by Gasteiger charge is -2.22. The second-order valence-electron chi connectivity index (χ2n) is 6.30. The lowest BCUT2D eigenvalue weighted by molar-refractivity contribution is -0.192. The van der Waals surface area contributed by atoms with Gasteiger partial charge in [-0.1, -0.05) is 25.5 Å². The number of nitrogens with one attached hydrogen (secondary N) is 1. The van der Waals surface area contributed by atoms with Crippen LogP contribution < -0.4 is 5.48 Å². The largest absolute Gasteiger partial charge is 0.507 e. The van der Waals surface area contributed by atoms with Gasteiger partial charge in [0.1, 0.15) is 17.9 Å². The molecule has 2 aromatic carbocycles. The van der Waals surface area contributed by atoms with Crippen molar-refractivity contribution in [3.05, 3.63) is 53.3 Å². The van der Waals surface area contributed by atoms with E-state index < -0.39 is 29.6 Å². The molecular formula is C20H19F4NO4. The van der Waals surface area contributed by atoms with E-state index in [1.54, 1.807) is 5.48 Å². The summed E-state index contributed by atoms with van der Waals surface area (Å²) in [7, 11) is 0. The van der Waals surface area contributed by atoms with Crippen LogP contribution >= 0.6 is 0 Å². The third-order valence-electron chi connectivity index (χ3n) is 4.13. The summed E-state index contributed by atoms with van der Waals surface area (Å²) in [6.07, 6.45) is -3.29. The first-order valence-corrected chi connectivity index (χ1v) is 8.77. The van der Waals surface area contributed by atoms with E-state index in [0.717, 1.165) is 12.1 Å².